The third kappa shape index (κ3) is 4.09. The van der Waals surface area contributed by atoms with Gasteiger partial charge in [-0.15, -0.1) is 10.2 Å². The first-order valence-electron chi connectivity index (χ1n) is 9.57. The molecule has 0 aliphatic heterocycles. The minimum Gasteiger partial charge on any atom is -0.497 e. The van der Waals surface area contributed by atoms with Gasteiger partial charge in [-0.2, -0.15) is 0 Å². The molecule has 2 aromatic heterocycles. The van der Waals surface area contributed by atoms with Crippen molar-refractivity contribution in [2.75, 3.05) is 19.9 Å². The third-order valence-electron chi connectivity index (χ3n) is 4.94. The van der Waals surface area contributed by atoms with Gasteiger partial charge in [-0.25, -0.2) is 4.98 Å². The molecule has 0 spiro atoms. The Bertz CT molecular complexity index is 1240. The van der Waals surface area contributed by atoms with E-state index in [9.17, 15) is 4.79 Å². The van der Waals surface area contributed by atoms with Crippen molar-refractivity contribution in [2.24, 2.45) is 0 Å². The highest BCUT2D eigenvalue weighted by Gasteiger charge is 2.15. The van der Waals surface area contributed by atoms with Crippen LogP contribution in [-0.2, 0) is 11.3 Å². The Kier molecular flexibility index (Phi) is 5.59. The molecule has 4 aromatic rings. The number of carbonyl (C=O) groups is 1. The third-order valence-corrected chi connectivity index (χ3v) is 5.85. The Morgan fingerprint density at radius 1 is 1.10 bits per heavy atom. The van der Waals surface area contributed by atoms with Crippen molar-refractivity contribution >= 4 is 34.1 Å². The van der Waals surface area contributed by atoms with Gasteiger partial charge in [0.15, 0.2) is 10.8 Å². The van der Waals surface area contributed by atoms with E-state index in [2.05, 4.69) is 27.3 Å². The number of ether oxygens (including phenoxy) is 1. The van der Waals surface area contributed by atoms with E-state index in [0.29, 0.717) is 11.7 Å². The SMILES string of the molecule is COc1ccc2cc(CN(C)C(=O)CSc3nnc4cc(C)nc(C)n34)ccc2c1. The lowest BCUT2D eigenvalue weighted by molar-refractivity contribution is -0.127. The quantitative estimate of drug-likeness (QED) is 0.443. The van der Waals surface area contributed by atoms with E-state index in [0.717, 1.165) is 39.3 Å². The zero-order chi connectivity index (χ0) is 21.3. The molecular formula is C22H23N5O2S. The van der Waals surface area contributed by atoms with Crippen molar-refractivity contribution < 1.29 is 9.53 Å². The molecule has 2 heterocycles. The number of thioether (sulfide) groups is 1. The summed E-state index contributed by atoms with van der Waals surface area (Å²) >= 11 is 1.37. The second-order valence-corrected chi connectivity index (χ2v) is 8.15. The molecule has 2 aromatic carbocycles. The van der Waals surface area contributed by atoms with Crippen LogP contribution in [0.4, 0.5) is 0 Å². The summed E-state index contributed by atoms with van der Waals surface area (Å²) in [4.78, 5) is 18.9. The van der Waals surface area contributed by atoms with Gasteiger partial charge in [0.2, 0.25) is 5.91 Å². The Balaban J connectivity index is 1.42. The number of hydrogen-bond acceptors (Lipinski definition) is 6. The number of benzene rings is 2. The number of rotatable bonds is 6. The number of carbonyl (C=O) groups excluding carboxylic acids is 1. The average molecular weight is 422 g/mol. The summed E-state index contributed by atoms with van der Waals surface area (Å²) in [7, 11) is 3.48. The van der Waals surface area contributed by atoms with Gasteiger partial charge >= 0.3 is 0 Å². The highest BCUT2D eigenvalue weighted by atomic mass is 32.2. The number of aryl methyl sites for hydroxylation is 2. The van der Waals surface area contributed by atoms with Crippen molar-refractivity contribution in [3.8, 4) is 5.75 Å². The molecule has 30 heavy (non-hydrogen) atoms. The maximum Gasteiger partial charge on any atom is 0.233 e. The molecule has 8 heteroatoms. The van der Waals surface area contributed by atoms with Gasteiger partial charge in [0.1, 0.15) is 11.6 Å². The standard InChI is InChI=1S/C22H23N5O2S/c1-14-9-20-24-25-22(27(20)15(2)23-14)30-13-21(28)26(3)12-16-5-6-18-11-19(29-4)8-7-17(18)10-16/h5-11H,12-13H2,1-4H3. The number of aromatic nitrogens is 4. The molecule has 154 valence electrons. The number of amides is 1. The Labute approximate surface area is 179 Å². The second-order valence-electron chi connectivity index (χ2n) is 7.21. The van der Waals surface area contributed by atoms with Crippen molar-refractivity contribution in [3.05, 3.63) is 59.5 Å². The summed E-state index contributed by atoms with van der Waals surface area (Å²) in [5, 5.41) is 11.3. The Hall–Kier alpha value is -3.13. The minimum absolute atomic E-state index is 0.0318. The molecule has 0 aliphatic rings. The first kappa shape index (κ1) is 20.2. The van der Waals surface area contributed by atoms with Crippen LogP contribution < -0.4 is 4.74 Å². The smallest absolute Gasteiger partial charge is 0.233 e. The van der Waals surface area contributed by atoms with Crippen molar-refractivity contribution in [1.29, 1.82) is 0 Å². The van der Waals surface area contributed by atoms with Crippen LogP contribution in [0.2, 0.25) is 0 Å². The second kappa shape index (κ2) is 8.31. The molecule has 7 nitrogen and oxygen atoms in total. The molecular weight excluding hydrogens is 398 g/mol. The van der Waals surface area contributed by atoms with Crippen molar-refractivity contribution in [1.82, 2.24) is 24.5 Å². The number of nitrogens with zero attached hydrogens (tertiary/aromatic N) is 5. The van der Waals surface area contributed by atoms with Crippen LogP contribution >= 0.6 is 11.8 Å². The summed E-state index contributed by atoms with van der Waals surface area (Å²) in [6, 6.07) is 14.1. The fraction of sp³-hybridized carbons (Fsp3) is 0.273. The largest absolute Gasteiger partial charge is 0.497 e. The monoisotopic (exact) mass is 421 g/mol. The van der Waals surface area contributed by atoms with Gasteiger partial charge in [0.05, 0.1) is 12.9 Å². The fourth-order valence-electron chi connectivity index (χ4n) is 3.39. The van der Waals surface area contributed by atoms with Crippen LogP contribution in [0.3, 0.4) is 0 Å². The van der Waals surface area contributed by atoms with E-state index >= 15 is 0 Å². The molecule has 0 saturated carbocycles. The molecule has 0 atom stereocenters. The lowest BCUT2D eigenvalue weighted by Crippen LogP contribution is -2.27. The molecule has 0 fully saturated rings. The van der Waals surface area contributed by atoms with Gasteiger partial charge in [-0.3, -0.25) is 9.20 Å². The van der Waals surface area contributed by atoms with Crippen LogP contribution in [0.15, 0.2) is 47.6 Å². The molecule has 4 rings (SSSR count). The predicted molar refractivity (Wildman–Crippen MR) is 118 cm³/mol. The van der Waals surface area contributed by atoms with Gasteiger partial charge < -0.3 is 9.64 Å². The molecule has 0 saturated heterocycles. The highest BCUT2D eigenvalue weighted by Crippen LogP contribution is 2.23. The maximum atomic E-state index is 12.7. The summed E-state index contributed by atoms with van der Waals surface area (Å²) < 4.78 is 7.15. The highest BCUT2D eigenvalue weighted by molar-refractivity contribution is 7.99. The zero-order valence-electron chi connectivity index (χ0n) is 17.4. The first-order chi connectivity index (χ1) is 14.4. The first-order valence-corrected chi connectivity index (χ1v) is 10.6. The Morgan fingerprint density at radius 3 is 2.67 bits per heavy atom. The number of fused-ring (bicyclic) bond motifs is 2. The van der Waals surface area contributed by atoms with E-state index in [1.165, 1.54) is 11.8 Å². The molecule has 0 unspecified atom stereocenters. The summed E-state index contributed by atoms with van der Waals surface area (Å²) in [5.41, 5.74) is 2.72. The van der Waals surface area contributed by atoms with E-state index in [-0.39, 0.29) is 11.7 Å². The average Bonchev–Trinajstić information content (AvgIpc) is 3.14. The van der Waals surface area contributed by atoms with Gasteiger partial charge in [0.25, 0.3) is 0 Å². The van der Waals surface area contributed by atoms with Crippen LogP contribution in [-0.4, -0.2) is 50.3 Å². The van der Waals surface area contributed by atoms with Gasteiger partial charge in [0, 0.05) is 25.4 Å². The fourth-order valence-corrected chi connectivity index (χ4v) is 4.32. The number of methoxy groups -OCH3 is 1. The van der Waals surface area contributed by atoms with Crippen LogP contribution in [0, 0.1) is 13.8 Å². The topological polar surface area (TPSA) is 72.6 Å². The molecule has 0 bridgehead atoms. The van der Waals surface area contributed by atoms with Crippen LogP contribution in [0.5, 0.6) is 5.75 Å². The van der Waals surface area contributed by atoms with Gasteiger partial charge in [-0.05, 0) is 48.4 Å². The Morgan fingerprint density at radius 2 is 1.87 bits per heavy atom. The van der Waals surface area contributed by atoms with Gasteiger partial charge in [-0.1, -0.05) is 30.0 Å². The zero-order valence-corrected chi connectivity index (χ0v) is 18.2. The van der Waals surface area contributed by atoms with E-state index < -0.39 is 0 Å². The van der Waals surface area contributed by atoms with Crippen molar-refractivity contribution in [2.45, 2.75) is 25.5 Å². The van der Waals surface area contributed by atoms with E-state index in [1.807, 2.05) is 55.6 Å². The van der Waals surface area contributed by atoms with Crippen LogP contribution in [0.25, 0.3) is 16.4 Å². The predicted octanol–water partition coefficient (Wildman–Crippen LogP) is 3.65. The van der Waals surface area contributed by atoms with Crippen molar-refractivity contribution in [3.63, 3.8) is 0 Å². The molecule has 0 N–H and O–H groups in total. The lowest BCUT2D eigenvalue weighted by Gasteiger charge is -2.17. The summed E-state index contributed by atoms with van der Waals surface area (Å²) in [6.07, 6.45) is 0. The summed E-state index contributed by atoms with van der Waals surface area (Å²) in [5.74, 6) is 1.96. The molecule has 0 aliphatic carbocycles. The molecule has 1 amide bonds. The maximum absolute atomic E-state index is 12.7. The van der Waals surface area contributed by atoms with E-state index in [1.54, 1.807) is 12.0 Å². The number of hydrogen-bond donors (Lipinski definition) is 0. The minimum atomic E-state index is 0.0318. The summed E-state index contributed by atoms with van der Waals surface area (Å²) in [6.45, 7) is 4.38. The lowest BCUT2D eigenvalue weighted by atomic mass is 10.1. The normalized spacial score (nSPS) is 11.2. The van der Waals surface area contributed by atoms with E-state index in [4.69, 9.17) is 4.74 Å². The molecule has 0 radical (unpaired) electrons. The van der Waals surface area contributed by atoms with Crippen LogP contribution in [0.1, 0.15) is 17.1 Å².